The average molecular weight is 910 g/mol. The number of methoxy groups -OCH3 is 2. The summed E-state index contributed by atoms with van der Waals surface area (Å²) < 4.78 is 30.3. The first-order valence-electron chi connectivity index (χ1n) is 23.7. The molecule has 0 spiro atoms. The van der Waals surface area contributed by atoms with Crippen LogP contribution in [-0.4, -0.2) is 131 Å². The highest BCUT2D eigenvalue weighted by Crippen LogP contribution is 2.39. The zero-order chi connectivity index (χ0) is 47.6. The van der Waals surface area contributed by atoms with E-state index in [1.807, 2.05) is 51.1 Å². The Morgan fingerprint density at radius 2 is 1.66 bits per heavy atom. The van der Waals surface area contributed by atoms with Crippen LogP contribution in [0.4, 0.5) is 0 Å². The minimum absolute atomic E-state index is 0.0184. The molecule has 1 amide bonds. The second kappa shape index (κ2) is 23.8. The van der Waals surface area contributed by atoms with Crippen LogP contribution in [-0.2, 0) is 42.9 Å². The number of ether oxygens (including phenoxy) is 5. The maximum absolute atomic E-state index is 14.4. The number of carbonyl (C=O) groups excluding carboxylic acids is 4. The van der Waals surface area contributed by atoms with Crippen molar-refractivity contribution in [1.82, 2.24) is 4.90 Å². The fraction of sp³-hybridized carbons (Fsp3) is 0.686. The summed E-state index contributed by atoms with van der Waals surface area (Å²) in [5.41, 5.74) is 2.43. The number of hydrogen-bond donors (Lipinski definition) is 4. The number of aromatic hydroxyl groups is 1. The highest BCUT2D eigenvalue weighted by molar-refractivity contribution is 6.39. The van der Waals surface area contributed by atoms with Crippen molar-refractivity contribution in [2.24, 2.45) is 29.6 Å². The molecule has 3 fully saturated rings. The summed E-state index contributed by atoms with van der Waals surface area (Å²) in [4.78, 5) is 58.2. The first-order valence-corrected chi connectivity index (χ1v) is 23.7. The molecule has 1 saturated carbocycles. The second-order valence-electron chi connectivity index (χ2n) is 19.3. The third kappa shape index (κ3) is 13.2. The molecule has 0 radical (unpaired) electrons. The second-order valence-corrected chi connectivity index (χ2v) is 19.3. The monoisotopic (exact) mass is 910 g/mol. The molecular formula is C51H75NO13. The molecular weight excluding hydrogens is 835 g/mol. The molecule has 2 bridgehead atoms. The van der Waals surface area contributed by atoms with Crippen LogP contribution in [0.3, 0.4) is 0 Å². The quantitative estimate of drug-likeness (QED) is 0.123. The van der Waals surface area contributed by atoms with Crippen LogP contribution in [0.15, 0.2) is 53.6 Å². The van der Waals surface area contributed by atoms with E-state index in [4.69, 9.17) is 23.7 Å². The SMILES string of the molecule is CCC1/C=C(\C)CC(C)CC(OC)C2OC(O)(C(=O)C(=O)N3CCCCC3C(=O)OC(C(C)=CC3CCC(OCC=Cc4cccc(O)c4)C(O)C3)C(C)C(O)CC1=O)C(C)CC2OC. The van der Waals surface area contributed by atoms with E-state index in [-0.39, 0.29) is 55.8 Å². The Kier molecular flexibility index (Phi) is 19.1. The summed E-state index contributed by atoms with van der Waals surface area (Å²) in [6.45, 7) is 11.5. The predicted octanol–water partition coefficient (Wildman–Crippen LogP) is 6.26. The standard InChI is InChI=1S/C51H75NO13/c1-9-37-23-30(2)22-31(3)24-44(61-7)47-45(62-8)26-33(5)51(60,65-47)48(57)49(58)52-20-11-10-17-39(52)50(59)64-46(34(6)40(54)29-41(37)55)32(4)25-36-18-19-43(42(56)28-36)63-21-13-15-35-14-12-16-38(53)27-35/h12-16,23,25,27,31,33-34,36-37,39-40,42-47,53-54,56,60H,9-11,17-22,24,26,28-29H2,1-8H3/b15-13?,30-23+,32-25?. The van der Waals surface area contributed by atoms with E-state index in [1.165, 1.54) is 19.1 Å². The van der Waals surface area contributed by atoms with Gasteiger partial charge in [-0.25, -0.2) is 4.79 Å². The van der Waals surface area contributed by atoms with Gasteiger partial charge in [0.2, 0.25) is 5.79 Å². The predicted molar refractivity (Wildman–Crippen MR) is 244 cm³/mol. The van der Waals surface area contributed by atoms with E-state index in [2.05, 4.69) is 0 Å². The van der Waals surface area contributed by atoms with Gasteiger partial charge in [-0.2, -0.15) is 0 Å². The van der Waals surface area contributed by atoms with Gasteiger partial charge in [-0.3, -0.25) is 14.4 Å². The number of fused-ring (bicyclic) bond motifs is 3. The van der Waals surface area contributed by atoms with Crippen LogP contribution in [0.1, 0.15) is 118 Å². The number of Topliss-reactive ketones (excluding diaryl/α,β-unsaturated/α-hetero) is 2. The summed E-state index contributed by atoms with van der Waals surface area (Å²) in [7, 11) is 3.06. The minimum atomic E-state index is -2.52. The largest absolute Gasteiger partial charge is 0.508 e. The van der Waals surface area contributed by atoms with E-state index >= 15 is 0 Å². The van der Waals surface area contributed by atoms with Crippen LogP contribution in [0.25, 0.3) is 6.08 Å². The zero-order valence-electron chi connectivity index (χ0n) is 39.7. The lowest BCUT2D eigenvalue weighted by atomic mass is 9.81. The lowest BCUT2D eigenvalue weighted by Gasteiger charge is -2.47. The summed E-state index contributed by atoms with van der Waals surface area (Å²) in [6.07, 6.45) is 6.65. The fourth-order valence-electron chi connectivity index (χ4n) is 10.3. The van der Waals surface area contributed by atoms with Crippen LogP contribution in [0, 0.1) is 29.6 Å². The van der Waals surface area contributed by atoms with Gasteiger partial charge in [-0.05, 0) is 113 Å². The van der Waals surface area contributed by atoms with Crippen molar-refractivity contribution in [1.29, 1.82) is 0 Å². The van der Waals surface area contributed by atoms with Gasteiger partial charge in [-0.1, -0.05) is 69.7 Å². The summed E-state index contributed by atoms with van der Waals surface area (Å²) in [5, 5.41) is 44.8. The van der Waals surface area contributed by atoms with Crippen molar-refractivity contribution in [2.45, 2.75) is 167 Å². The number of aliphatic hydroxyl groups is 3. The molecule has 0 aromatic heterocycles. The number of phenolic OH excluding ortho intramolecular Hbond substituents is 1. The number of allylic oxidation sites excluding steroid dienone is 3. The smallest absolute Gasteiger partial charge is 0.329 e. The minimum Gasteiger partial charge on any atom is -0.508 e. The van der Waals surface area contributed by atoms with Crippen molar-refractivity contribution < 1.29 is 63.3 Å². The molecule has 3 aliphatic heterocycles. The Bertz CT molecular complexity index is 1880. The molecule has 362 valence electrons. The Morgan fingerprint density at radius 3 is 2.34 bits per heavy atom. The van der Waals surface area contributed by atoms with Gasteiger partial charge in [0.1, 0.15) is 29.8 Å². The van der Waals surface area contributed by atoms with Gasteiger partial charge >= 0.3 is 5.97 Å². The number of amides is 1. The van der Waals surface area contributed by atoms with E-state index in [9.17, 15) is 39.6 Å². The molecule has 1 aliphatic carbocycles. The van der Waals surface area contributed by atoms with Crippen molar-refractivity contribution >= 4 is 29.5 Å². The molecule has 1 aromatic carbocycles. The summed E-state index contributed by atoms with van der Waals surface area (Å²) >= 11 is 0. The number of piperidine rings is 1. The number of aliphatic hydroxyl groups excluding tert-OH is 2. The lowest BCUT2D eigenvalue weighted by Crippen LogP contribution is -2.64. The van der Waals surface area contributed by atoms with Crippen molar-refractivity contribution in [3.63, 3.8) is 0 Å². The van der Waals surface area contributed by atoms with Crippen LogP contribution >= 0.6 is 0 Å². The van der Waals surface area contributed by atoms with Crippen LogP contribution in [0.2, 0.25) is 0 Å². The molecule has 14 atom stereocenters. The Morgan fingerprint density at radius 1 is 0.938 bits per heavy atom. The lowest BCUT2D eigenvalue weighted by molar-refractivity contribution is -0.302. The highest BCUT2D eigenvalue weighted by atomic mass is 16.7. The van der Waals surface area contributed by atoms with Crippen molar-refractivity contribution in [3.8, 4) is 5.75 Å². The Balaban J connectivity index is 1.43. The maximum Gasteiger partial charge on any atom is 0.329 e. The number of nitrogens with zero attached hydrogens (tertiary/aromatic N) is 1. The number of ketones is 2. The van der Waals surface area contributed by atoms with Crippen molar-refractivity contribution in [2.75, 3.05) is 27.4 Å². The average Bonchev–Trinajstić information content (AvgIpc) is 3.28. The number of rotatable bonds is 9. The molecule has 3 heterocycles. The molecule has 2 saturated heterocycles. The Hall–Kier alpha value is -3.76. The van der Waals surface area contributed by atoms with E-state index in [1.54, 1.807) is 39.0 Å². The van der Waals surface area contributed by atoms with Gasteiger partial charge in [0.25, 0.3) is 11.7 Å². The molecule has 4 N–H and O–H groups in total. The van der Waals surface area contributed by atoms with E-state index in [0.29, 0.717) is 56.9 Å². The molecule has 14 nitrogen and oxygen atoms in total. The highest BCUT2D eigenvalue weighted by Gasteiger charge is 2.56. The van der Waals surface area contributed by atoms with Gasteiger partial charge in [0.15, 0.2) is 0 Å². The van der Waals surface area contributed by atoms with Crippen molar-refractivity contribution in [3.05, 3.63) is 59.2 Å². The van der Waals surface area contributed by atoms with Gasteiger partial charge in [0.05, 0.1) is 37.1 Å². The maximum atomic E-state index is 14.4. The first-order chi connectivity index (χ1) is 30.9. The van der Waals surface area contributed by atoms with Crippen LogP contribution < -0.4 is 0 Å². The Labute approximate surface area is 385 Å². The number of esters is 1. The zero-order valence-corrected chi connectivity index (χ0v) is 39.7. The molecule has 14 heteroatoms. The number of benzene rings is 1. The molecule has 65 heavy (non-hydrogen) atoms. The number of carbonyl (C=O) groups is 4. The summed E-state index contributed by atoms with van der Waals surface area (Å²) in [5.74, 6) is -7.66. The third-order valence-corrected chi connectivity index (χ3v) is 14.2. The number of phenols is 1. The van der Waals surface area contributed by atoms with Gasteiger partial charge < -0.3 is 49.0 Å². The molecule has 4 aliphatic rings. The molecule has 1 aromatic rings. The molecule has 5 rings (SSSR count). The third-order valence-electron chi connectivity index (χ3n) is 14.2. The topological polar surface area (TPSA) is 199 Å². The van der Waals surface area contributed by atoms with Crippen LogP contribution in [0.5, 0.6) is 5.75 Å². The molecule has 14 unspecified atom stereocenters. The van der Waals surface area contributed by atoms with E-state index < -0.39 is 90.0 Å². The summed E-state index contributed by atoms with van der Waals surface area (Å²) in [6, 6.07) is 5.70. The first kappa shape index (κ1) is 52.2. The normalized spacial score (nSPS) is 37.5. The number of cyclic esters (lactones) is 1. The van der Waals surface area contributed by atoms with E-state index in [0.717, 1.165) is 11.1 Å². The number of hydrogen-bond acceptors (Lipinski definition) is 13. The fourth-order valence-corrected chi connectivity index (χ4v) is 10.3. The van der Waals surface area contributed by atoms with Gasteiger partial charge in [-0.15, -0.1) is 0 Å². The van der Waals surface area contributed by atoms with Gasteiger partial charge in [0, 0.05) is 44.9 Å².